The summed E-state index contributed by atoms with van der Waals surface area (Å²) in [6, 6.07) is 8.76. The van der Waals surface area contributed by atoms with Crippen molar-refractivity contribution in [2.24, 2.45) is 5.73 Å². The lowest BCUT2D eigenvalue weighted by Gasteiger charge is -1.89. The van der Waals surface area contributed by atoms with Gasteiger partial charge < -0.3 is 5.73 Å². The zero-order valence-electron chi connectivity index (χ0n) is 12.9. The fourth-order valence-electron chi connectivity index (χ4n) is 0.602. The van der Waals surface area contributed by atoms with E-state index < -0.39 is 0 Å². The number of nitrogens with two attached hydrogens (primary N) is 1. The van der Waals surface area contributed by atoms with E-state index in [1.54, 1.807) is 24.3 Å². The van der Waals surface area contributed by atoms with Crippen molar-refractivity contribution < 1.29 is 4.79 Å². The Morgan fingerprint density at radius 3 is 1.24 bits per heavy atom. The van der Waals surface area contributed by atoms with Gasteiger partial charge in [0.05, 0.1) is 0 Å². The van der Waals surface area contributed by atoms with Gasteiger partial charge in [0.1, 0.15) is 0 Å². The van der Waals surface area contributed by atoms with Crippen LogP contribution in [0.2, 0.25) is 0 Å². The van der Waals surface area contributed by atoms with Crippen LogP contribution in [0.1, 0.15) is 65.7 Å². The molecule has 0 aromatic heterocycles. The van der Waals surface area contributed by atoms with Gasteiger partial charge >= 0.3 is 0 Å². The monoisotopic (exact) mass is 241 g/mol. The molecule has 1 rings (SSSR count). The molecule has 0 fully saturated rings. The Kier molecular flexibility index (Phi) is 42.7. The number of primary amides is 1. The van der Waals surface area contributed by atoms with E-state index in [4.69, 9.17) is 5.73 Å². The summed E-state index contributed by atoms with van der Waals surface area (Å²) in [6.07, 6.45) is 0. The topological polar surface area (TPSA) is 43.1 Å². The number of benzene rings is 1. The van der Waals surface area contributed by atoms with Gasteiger partial charge in [-0.1, -0.05) is 73.6 Å². The van der Waals surface area contributed by atoms with E-state index in [2.05, 4.69) is 0 Å². The average Bonchev–Trinajstić information content (AvgIpc) is 2.48. The van der Waals surface area contributed by atoms with E-state index in [-0.39, 0.29) is 5.91 Å². The highest BCUT2D eigenvalue weighted by atomic mass is 16.1. The first-order valence-electron chi connectivity index (χ1n) is 6.65. The molecule has 17 heavy (non-hydrogen) atoms. The molecule has 1 aromatic carbocycles. The summed E-state index contributed by atoms with van der Waals surface area (Å²) in [5.74, 6) is -0.379. The Hall–Kier alpha value is -1.31. The molecule has 0 aliphatic heterocycles. The van der Waals surface area contributed by atoms with Crippen LogP contribution in [0.4, 0.5) is 0 Å². The third-order valence-corrected chi connectivity index (χ3v) is 1.06. The van der Waals surface area contributed by atoms with Crippen LogP contribution >= 0.6 is 0 Å². The van der Waals surface area contributed by atoms with Gasteiger partial charge in [0, 0.05) is 5.56 Å². The van der Waals surface area contributed by atoms with E-state index >= 15 is 0 Å². The minimum Gasteiger partial charge on any atom is -0.366 e. The predicted octanol–water partition coefficient (Wildman–Crippen LogP) is 4.89. The highest BCUT2D eigenvalue weighted by Crippen LogP contribution is 1.94. The van der Waals surface area contributed by atoms with Crippen LogP contribution in [-0.2, 0) is 0 Å². The van der Waals surface area contributed by atoms with E-state index in [0.29, 0.717) is 5.56 Å². The third-order valence-electron chi connectivity index (χ3n) is 1.06. The van der Waals surface area contributed by atoms with Crippen molar-refractivity contribution in [3.63, 3.8) is 0 Å². The van der Waals surface area contributed by atoms with Crippen LogP contribution in [0.15, 0.2) is 30.3 Å². The lowest BCUT2D eigenvalue weighted by atomic mass is 10.2. The second-order valence-corrected chi connectivity index (χ2v) is 1.73. The smallest absolute Gasteiger partial charge is 0.248 e. The highest BCUT2D eigenvalue weighted by Gasteiger charge is 1.93. The van der Waals surface area contributed by atoms with Crippen molar-refractivity contribution in [2.75, 3.05) is 0 Å². The maximum absolute atomic E-state index is 10.4. The number of amides is 1. The van der Waals surface area contributed by atoms with Gasteiger partial charge in [0.15, 0.2) is 0 Å². The fraction of sp³-hybridized carbons (Fsp3) is 0.533. The zero-order chi connectivity index (χ0) is 14.7. The molecule has 0 saturated heterocycles. The van der Waals surface area contributed by atoms with E-state index in [1.165, 1.54) is 0 Å². The second kappa shape index (κ2) is 29.3. The summed E-state index contributed by atoms with van der Waals surface area (Å²) >= 11 is 0. The van der Waals surface area contributed by atoms with E-state index in [0.717, 1.165) is 0 Å². The molecule has 0 radical (unpaired) electrons. The maximum Gasteiger partial charge on any atom is 0.248 e. The number of hydrogen-bond donors (Lipinski definition) is 1. The SMILES string of the molecule is CC.CC.CC.CC.NC(=O)c1ccccc1. The van der Waals surface area contributed by atoms with Crippen molar-refractivity contribution in [3.8, 4) is 0 Å². The molecule has 1 aromatic rings. The van der Waals surface area contributed by atoms with Gasteiger partial charge in [-0.2, -0.15) is 0 Å². The molecule has 0 bridgehead atoms. The van der Waals surface area contributed by atoms with Crippen molar-refractivity contribution in [2.45, 2.75) is 55.4 Å². The summed E-state index contributed by atoms with van der Waals surface area (Å²) in [5.41, 5.74) is 5.53. The number of carbonyl (C=O) groups is 1. The van der Waals surface area contributed by atoms with Gasteiger partial charge in [-0.15, -0.1) is 0 Å². The largest absolute Gasteiger partial charge is 0.366 e. The van der Waals surface area contributed by atoms with Crippen LogP contribution in [0.25, 0.3) is 0 Å². The number of rotatable bonds is 1. The first-order valence-corrected chi connectivity index (χ1v) is 6.65. The molecule has 0 spiro atoms. The molecule has 102 valence electrons. The zero-order valence-corrected chi connectivity index (χ0v) is 12.9. The molecule has 1 amide bonds. The standard InChI is InChI=1S/C7H7NO.4C2H6/c8-7(9)6-4-2-1-3-5-6;4*1-2/h1-5H,(H2,8,9);4*1-2H3. The molecular formula is C15H31NO. The van der Waals surface area contributed by atoms with Crippen molar-refractivity contribution >= 4 is 5.91 Å². The molecule has 2 N–H and O–H groups in total. The average molecular weight is 241 g/mol. The minimum absolute atomic E-state index is 0.379. The van der Waals surface area contributed by atoms with Crippen LogP contribution in [0.5, 0.6) is 0 Å². The second-order valence-electron chi connectivity index (χ2n) is 1.73. The number of carbonyl (C=O) groups excluding carboxylic acids is 1. The molecule has 0 heterocycles. The normalized spacial score (nSPS) is 6.12. The highest BCUT2D eigenvalue weighted by molar-refractivity contribution is 5.92. The molecule has 0 aliphatic rings. The van der Waals surface area contributed by atoms with Crippen LogP contribution in [0.3, 0.4) is 0 Å². The summed E-state index contributed by atoms with van der Waals surface area (Å²) in [6.45, 7) is 16.0. The lowest BCUT2D eigenvalue weighted by molar-refractivity contribution is 0.100. The summed E-state index contributed by atoms with van der Waals surface area (Å²) in [5, 5.41) is 0. The van der Waals surface area contributed by atoms with Gasteiger partial charge in [-0.3, -0.25) is 4.79 Å². The molecule has 0 unspecified atom stereocenters. The Morgan fingerprint density at radius 1 is 0.765 bits per heavy atom. The Bertz CT molecular complexity index is 207. The summed E-state index contributed by atoms with van der Waals surface area (Å²) in [7, 11) is 0. The summed E-state index contributed by atoms with van der Waals surface area (Å²) in [4.78, 5) is 10.4. The van der Waals surface area contributed by atoms with Crippen molar-refractivity contribution in [1.29, 1.82) is 0 Å². The van der Waals surface area contributed by atoms with Crippen molar-refractivity contribution in [3.05, 3.63) is 35.9 Å². The Labute approximate surface area is 108 Å². The van der Waals surface area contributed by atoms with Gasteiger partial charge in [0.2, 0.25) is 5.91 Å². The maximum atomic E-state index is 10.4. The molecule has 0 saturated carbocycles. The molecule has 2 heteroatoms. The van der Waals surface area contributed by atoms with Crippen LogP contribution in [0, 0.1) is 0 Å². The van der Waals surface area contributed by atoms with E-state index in [1.807, 2.05) is 61.5 Å². The van der Waals surface area contributed by atoms with Gasteiger partial charge in [-0.05, 0) is 12.1 Å². The quantitative estimate of drug-likeness (QED) is 0.747. The van der Waals surface area contributed by atoms with E-state index in [9.17, 15) is 4.79 Å². The van der Waals surface area contributed by atoms with Crippen LogP contribution < -0.4 is 5.73 Å². The van der Waals surface area contributed by atoms with Gasteiger partial charge in [-0.25, -0.2) is 0 Å². The first kappa shape index (κ1) is 24.8. The molecular weight excluding hydrogens is 210 g/mol. The minimum atomic E-state index is -0.379. The Balaban J connectivity index is -0.0000000905. The molecule has 2 nitrogen and oxygen atoms in total. The molecule has 0 aliphatic carbocycles. The number of hydrogen-bond acceptors (Lipinski definition) is 1. The lowest BCUT2D eigenvalue weighted by Crippen LogP contribution is -2.09. The Morgan fingerprint density at radius 2 is 1.06 bits per heavy atom. The predicted molar refractivity (Wildman–Crippen MR) is 80.4 cm³/mol. The van der Waals surface area contributed by atoms with Crippen LogP contribution in [-0.4, -0.2) is 5.91 Å². The summed E-state index contributed by atoms with van der Waals surface area (Å²) < 4.78 is 0. The first-order chi connectivity index (χ1) is 8.30. The fourth-order valence-corrected chi connectivity index (χ4v) is 0.602. The van der Waals surface area contributed by atoms with Gasteiger partial charge in [0.25, 0.3) is 0 Å². The molecule has 0 atom stereocenters. The third kappa shape index (κ3) is 20.7. The van der Waals surface area contributed by atoms with Crippen molar-refractivity contribution in [1.82, 2.24) is 0 Å².